The lowest BCUT2D eigenvalue weighted by molar-refractivity contribution is -0.00681. The fraction of sp³-hybridized carbons (Fsp3) is 0.211. The van der Waals surface area contributed by atoms with Crippen LogP contribution in [-0.4, -0.2) is 12.6 Å². The van der Waals surface area contributed by atoms with Crippen LogP contribution in [0.25, 0.3) is 0 Å². The predicted molar refractivity (Wildman–Crippen MR) is 95.5 cm³/mol. The van der Waals surface area contributed by atoms with Crippen molar-refractivity contribution in [2.45, 2.75) is 18.4 Å². The van der Waals surface area contributed by atoms with Crippen molar-refractivity contribution in [2.24, 2.45) is 0 Å². The van der Waals surface area contributed by atoms with Crippen molar-refractivity contribution in [1.82, 2.24) is 0 Å². The lowest BCUT2D eigenvalue weighted by Gasteiger charge is -2.41. The first-order valence-corrected chi connectivity index (χ1v) is 8.36. The summed E-state index contributed by atoms with van der Waals surface area (Å²) in [5.41, 5.74) is 1.23. The van der Waals surface area contributed by atoms with E-state index in [9.17, 15) is 4.79 Å². The molecule has 23 heavy (non-hydrogen) atoms. The lowest BCUT2D eigenvalue weighted by Crippen LogP contribution is -2.48. The molecule has 1 fully saturated rings. The van der Waals surface area contributed by atoms with E-state index in [4.69, 9.17) is 4.74 Å². The number of nitrogens with zero attached hydrogens (tertiary/aromatic N) is 1. The minimum absolute atomic E-state index is 0.319. The van der Waals surface area contributed by atoms with Crippen LogP contribution >= 0.6 is 15.9 Å². The normalized spacial score (nSPS) is 20.9. The van der Waals surface area contributed by atoms with Gasteiger partial charge in [-0.25, -0.2) is 4.79 Å². The third kappa shape index (κ3) is 3.17. The second-order valence-electron chi connectivity index (χ2n) is 5.60. The van der Waals surface area contributed by atoms with E-state index in [1.165, 1.54) is 0 Å². The summed E-state index contributed by atoms with van der Waals surface area (Å²) in [6, 6.07) is 17.6. The van der Waals surface area contributed by atoms with Crippen molar-refractivity contribution in [1.29, 1.82) is 0 Å². The number of benzene rings is 2. The van der Waals surface area contributed by atoms with E-state index in [1.807, 2.05) is 60.7 Å². The van der Waals surface area contributed by atoms with Crippen molar-refractivity contribution in [3.8, 4) is 0 Å². The summed E-state index contributed by atoms with van der Waals surface area (Å²) in [6.45, 7) is 4.44. The van der Waals surface area contributed by atoms with Gasteiger partial charge in [-0.05, 0) is 23.8 Å². The molecule has 1 heterocycles. The molecule has 0 unspecified atom stereocenters. The second kappa shape index (κ2) is 6.59. The predicted octanol–water partition coefficient (Wildman–Crippen LogP) is 5.27. The summed E-state index contributed by atoms with van der Waals surface area (Å²) in [5, 5.41) is 0. The molecule has 0 aliphatic carbocycles. The average molecular weight is 372 g/mol. The molecular formula is C19H18BrNO2. The number of hydrogen-bond donors (Lipinski definition) is 0. The Morgan fingerprint density at radius 3 is 2.65 bits per heavy atom. The Morgan fingerprint density at radius 2 is 2.00 bits per heavy atom. The van der Waals surface area contributed by atoms with Crippen LogP contribution in [-0.2, 0) is 10.3 Å². The maximum absolute atomic E-state index is 12.6. The number of amides is 1. The quantitative estimate of drug-likeness (QED) is 0.685. The minimum Gasteiger partial charge on any atom is -0.437 e. The van der Waals surface area contributed by atoms with Gasteiger partial charge in [0.25, 0.3) is 0 Å². The molecule has 2 aromatic carbocycles. The molecule has 118 valence electrons. The number of cyclic esters (lactones) is 1. The standard InChI is InChI=1S/C19H18BrNO2/c1-2-11-19(15-7-4-3-5-8-15)12-13-21(18(22)23-19)17-10-6-9-16(20)14-17/h2-10,14H,1,11-13H2/t19-/m1/s1. The zero-order chi connectivity index (χ0) is 16.3. The van der Waals surface area contributed by atoms with Crippen LogP contribution in [0.15, 0.2) is 71.7 Å². The summed E-state index contributed by atoms with van der Waals surface area (Å²) < 4.78 is 6.85. The van der Waals surface area contributed by atoms with Gasteiger partial charge >= 0.3 is 6.09 Å². The number of ether oxygens (including phenoxy) is 1. The van der Waals surface area contributed by atoms with Crippen molar-refractivity contribution in [2.75, 3.05) is 11.4 Å². The minimum atomic E-state index is -0.622. The number of halogens is 1. The molecule has 1 saturated heterocycles. The zero-order valence-corrected chi connectivity index (χ0v) is 14.3. The van der Waals surface area contributed by atoms with Crippen LogP contribution in [0.3, 0.4) is 0 Å². The molecule has 1 aliphatic rings. The SMILES string of the molecule is C=CC[C@]1(c2ccccc2)CCN(c2cccc(Br)c2)C(=O)O1. The van der Waals surface area contributed by atoms with E-state index in [0.29, 0.717) is 13.0 Å². The molecule has 0 N–H and O–H groups in total. The lowest BCUT2D eigenvalue weighted by atomic mass is 9.86. The number of carbonyl (C=O) groups excluding carboxylic acids is 1. The third-order valence-electron chi connectivity index (χ3n) is 4.14. The molecule has 3 nitrogen and oxygen atoms in total. The van der Waals surface area contributed by atoms with Gasteiger partial charge in [0, 0.05) is 29.5 Å². The van der Waals surface area contributed by atoms with E-state index in [-0.39, 0.29) is 6.09 Å². The highest BCUT2D eigenvalue weighted by Gasteiger charge is 2.41. The van der Waals surface area contributed by atoms with Crippen molar-refractivity contribution in [3.05, 3.63) is 77.3 Å². The van der Waals surface area contributed by atoms with Gasteiger partial charge < -0.3 is 4.74 Å². The highest BCUT2D eigenvalue weighted by molar-refractivity contribution is 9.10. The van der Waals surface area contributed by atoms with Gasteiger partial charge in [-0.1, -0.05) is 58.4 Å². The van der Waals surface area contributed by atoms with E-state index in [2.05, 4.69) is 22.5 Å². The van der Waals surface area contributed by atoms with Crippen LogP contribution in [0, 0.1) is 0 Å². The molecule has 2 aromatic rings. The number of hydrogen-bond acceptors (Lipinski definition) is 2. The maximum Gasteiger partial charge on any atom is 0.415 e. The summed E-state index contributed by atoms with van der Waals surface area (Å²) >= 11 is 3.44. The second-order valence-corrected chi connectivity index (χ2v) is 6.52. The first-order valence-electron chi connectivity index (χ1n) is 7.57. The molecule has 1 aliphatic heterocycles. The van der Waals surface area contributed by atoms with E-state index in [0.717, 1.165) is 22.1 Å². The molecule has 1 amide bonds. The van der Waals surface area contributed by atoms with Crippen LogP contribution in [0.2, 0.25) is 0 Å². The molecule has 0 aromatic heterocycles. The first-order chi connectivity index (χ1) is 11.1. The van der Waals surface area contributed by atoms with Crippen LogP contribution in [0.5, 0.6) is 0 Å². The van der Waals surface area contributed by atoms with Crippen molar-refractivity contribution >= 4 is 27.7 Å². The number of carbonyl (C=O) groups is 1. The first kappa shape index (κ1) is 15.8. The van der Waals surface area contributed by atoms with Crippen molar-refractivity contribution < 1.29 is 9.53 Å². The zero-order valence-electron chi connectivity index (χ0n) is 12.7. The Labute approximate surface area is 144 Å². The topological polar surface area (TPSA) is 29.5 Å². The Hall–Kier alpha value is -2.07. The van der Waals surface area contributed by atoms with Crippen LogP contribution < -0.4 is 4.90 Å². The van der Waals surface area contributed by atoms with E-state index in [1.54, 1.807) is 4.90 Å². The van der Waals surface area contributed by atoms with Crippen LogP contribution in [0.1, 0.15) is 18.4 Å². The Kier molecular flexibility index (Phi) is 4.53. The largest absolute Gasteiger partial charge is 0.437 e. The molecule has 0 radical (unpaired) electrons. The molecule has 1 atom stereocenters. The maximum atomic E-state index is 12.6. The number of anilines is 1. The van der Waals surface area contributed by atoms with Crippen LogP contribution in [0.4, 0.5) is 10.5 Å². The molecule has 0 saturated carbocycles. The fourth-order valence-corrected chi connectivity index (χ4v) is 3.36. The van der Waals surface area contributed by atoms with Gasteiger partial charge in [0.1, 0.15) is 5.60 Å². The van der Waals surface area contributed by atoms with Gasteiger partial charge in [0.15, 0.2) is 0 Å². The molecule has 0 bridgehead atoms. The number of rotatable bonds is 4. The highest BCUT2D eigenvalue weighted by Crippen LogP contribution is 2.39. The van der Waals surface area contributed by atoms with Gasteiger partial charge in [0.2, 0.25) is 0 Å². The molecule has 3 rings (SSSR count). The van der Waals surface area contributed by atoms with Gasteiger partial charge in [0.05, 0.1) is 0 Å². The summed E-state index contributed by atoms with van der Waals surface area (Å²) in [7, 11) is 0. The smallest absolute Gasteiger partial charge is 0.415 e. The van der Waals surface area contributed by atoms with Crippen molar-refractivity contribution in [3.63, 3.8) is 0 Å². The van der Waals surface area contributed by atoms with E-state index < -0.39 is 5.60 Å². The molecular weight excluding hydrogens is 354 g/mol. The summed E-state index contributed by atoms with van der Waals surface area (Å²) in [6.07, 6.45) is 2.82. The van der Waals surface area contributed by atoms with E-state index >= 15 is 0 Å². The summed E-state index contributed by atoms with van der Waals surface area (Å²) in [4.78, 5) is 14.3. The highest BCUT2D eigenvalue weighted by atomic mass is 79.9. The monoisotopic (exact) mass is 371 g/mol. The Bertz CT molecular complexity index is 716. The molecule has 4 heteroatoms. The average Bonchev–Trinajstić information content (AvgIpc) is 2.56. The molecule has 0 spiro atoms. The third-order valence-corrected chi connectivity index (χ3v) is 4.63. The van der Waals surface area contributed by atoms with Gasteiger partial charge in [-0.2, -0.15) is 0 Å². The Morgan fingerprint density at radius 1 is 1.22 bits per heavy atom. The summed E-state index contributed by atoms with van der Waals surface area (Å²) in [5.74, 6) is 0. The van der Waals surface area contributed by atoms with Gasteiger partial charge in [-0.15, -0.1) is 6.58 Å². The van der Waals surface area contributed by atoms with Gasteiger partial charge in [-0.3, -0.25) is 4.90 Å². The Balaban J connectivity index is 1.89. The fourth-order valence-electron chi connectivity index (χ4n) is 2.98.